The molecule has 1 unspecified atom stereocenters. The molecular formula is C16H19Cl2NO4S. The number of rotatable bonds is 6. The van der Waals surface area contributed by atoms with Crippen LogP contribution in [-0.4, -0.2) is 42.0 Å². The molecule has 0 saturated carbocycles. The first-order valence-electron chi connectivity index (χ1n) is 7.55. The van der Waals surface area contributed by atoms with Crippen LogP contribution in [0.25, 0.3) is 0 Å². The topological polar surface area (TPSA) is 75.6 Å². The van der Waals surface area contributed by atoms with Crippen LogP contribution in [0, 0.1) is 5.41 Å². The molecule has 0 aromatic heterocycles. The molecule has 5 nitrogen and oxygen atoms in total. The van der Waals surface area contributed by atoms with Crippen LogP contribution < -0.4 is 5.32 Å². The second-order valence-electron chi connectivity index (χ2n) is 5.75. The van der Waals surface area contributed by atoms with Crippen LogP contribution in [0.4, 0.5) is 0 Å². The first kappa shape index (κ1) is 19.4. The molecule has 1 aliphatic heterocycles. The highest BCUT2D eigenvalue weighted by molar-refractivity contribution is 8.00. The Morgan fingerprint density at radius 1 is 1.38 bits per heavy atom. The third-order valence-electron chi connectivity index (χ3n) is 4.07. The van der Waals surface area contributed by atoms with Crippen molar-refractivity contribution < 1.29 is 19.4 Å². The summed E-state index contributed by atoms with van der Waals surface area (Å²) in [6, 6.07) is 5.06. The molecule has 1 aromatic rings. The van der Waals surface area contributed by atoms with Gasteiger partial charge in [-0.1, -0.05) is 23.2 Å². The number of halogens is 2. The highest BCUT2D eigenvalue weighted by Crippen LogP contribution is 2.33. The number of carbonyl (C=O) groups is 2. The maximum Gasteiger partial charge on any atom is 0.311 e. The largest absolute Gasteiger partial charge is 0.481 e. The lowest BCUT2D eigenvalue weighted by Crippen LogP contribution is -2.47. The van der Waals surface area contributed by atoms with Gasteiger partial charge in [-0.15, -0.1) is 11.8 Å². The Kier molecular flexibility index (Phi) is 6.80. The second-order valence-corrected chi connectivity index (χ2v) is 7.98. The van der Waals surface area contributed by atoms with E-state index in [2.05, 4.69) is 5.32 Å². The summed E-state index contributed by atoms with van der Waals surface area (Å²) >= 11 is 13.3. The third-order valence-corrected chi connectivity index (χ3v) is 5.91. The van der Waals surface area contributed by atoms with Crippen molar-refractivity contribution in [1.29, 1.82) is 0 Å². The lowest BCUT2D eigenvalue weighted by Gasteiger charge is -2.33. The van der Waals surface area contributed by atoms with Crippen LogP contribution >= 0.6 is 35.0 Å². The number of hydrogen-bond donors (Lipinski definition) is 2. The maximum atomic E-state index is 12.3. The minimum atomic E-state index is -0.952. The molecule has 0 spiro atoms. The molecule has 1 atom stereocenters. The molecule has 1 amide bonds. The Morgan fingerprint density at radius 3 is 2.67 bits per heavy atom. The van der Waals surface area contributed by atoms with Crippen molar-refractivity contribution >= 4 is 46.8 Å². The zero-order valence-corrected chi connectivity index (χ0v) is 15.5. The lowest BCUT2D eigenvalue weighted by atomic mass is 9.80. The highest BCUT2D eigenvalue weighted by Gasteiger charge is 2.40. The minimum Gasteiger partial charge on any atom is -0.481 e. The average molecular weight is 392 g/mol. The van der Waals surface area contributed by atoms with Crippen molar-refractivity contribution in [2.45, 2.75) is 29.9 Å². The van der Waals surface area contributed by atoms with Crippen molar-refractivity contribution in [3.05, 3.63) is 28.2 Å². The van der Waals surface area contributed by atoms with Gasteiger partial charge in [0.2, 0.25) is 5.91 Å². The molecule has 2 rings (SSSR count). The van der Waals surface area contributed by atoms with Crippen LogP contribution in [-0.2, 0) is 14.3 Å². The van der Waals surface area contributed by atoms with Crippen LogP contribution in [0.3, 0.4) is 0 Å². The Bertz CT molecular complexity index is 620. The van der Waals surface area contributed by atoms with Crippen molar-refractivity contribution in [3.63, 3.8) is 0 Å². The van der Waals surface area contributed by atoms with Gasteiger partial charge in [0.1, 0.15) is 0 Å². The monoisotopic (exact) mass is 391 g/mol. The summed E-state index contributed by atoms with van der Waals surface area (Å²) < 4.78 is 5.23. The zero-order chi connectivity index (χ0) is 17.7. The summed E-state index contributed by atoms with van der Waals surface area (Å²) in [5.41, 5.74) is -0.952. The predicted molar refractivity (Wildman–Crippen MR) is 94.9 cm³/mol. The molecule has 1 saturated heterocycles. The summed E-state index contributed by atoms with van der Waals surface area (Å²) in [6.07, 6.45) is 0.786. The van der Waals surface area contributed by atoms with E-state index in [0.29, 0.717) is 41.0 Å². The molecule has 1 aliphatic rings. The maximum absolute atomic E-state index is 12.3. The Labute approximate surface area is 155 Å². The number of carboxylic acids is 1. The van der Waals surface area contributed by atoms with Crippen molar-refractivity contribution in [3.8, 4) is 0 Å². The average Bonchev–Trinajstić information content (AvgIpc) is 2.56. The smallest absolute Gasteiger partial charge is 0.311 e. The molecule has 8 heteroatoms. The minimum absolute atomic E-state index is 0.0959. The highest BCUT2D eigenvalue weighted by atomic mass is 35.5. The molecule has 24 heavy (non-hydrogen) atoms. The fraction of sp³-hybridized carbons (Fsp3) is 0.500. The molecule has 1 aromatic carbocycles. The zero-order valence-electron chi connectivity index (χ0n) is 13.2. The van der Waals surface area contributed by atoms with E-state index in [-0.39, 0.29) is 12.5 Å². The molecule has 1 fully saturated rings. The number of thioether (sulfide) groups is 1. The third kappa shape index (κ3) is 4.79. The number of carbonyl (C=O) groups excluding carboxylic acids is 1. The Hall–Kier alpha value is -0.950. The van der Waals surface area contributed by atoms with E-state index in [1.807, 2.05) is 0 Å². The molecule has 0 bridgehead atoms. The summed E-state index contributed by atoms with van der Waals surface area (Å²) in [5, 5.41) is 12.9. The van der Waals surface area contributed by atoms with Gasteiger partial charge < -0.3 is 15.2 Å². The molecule has 2 N–H and O–H groups in total. The molecule has 132 valence electrons. The van der Waals surface area contributed by atoms with E-state index in [4.69, 9.17) is 27.9 Å². The van der Waals surface area contributed by atoms with Crippen molar-refractivity contribution in [2.75, 3.05) is 19.8 Å². The SMILES string of the molecule is CC(Sc1cc(Cl)ccc1Cl)C(=O)NCC1(C(=O)O)CCOCC1. The first-order chi connectivity index (χ1) is 11.3. The molecule has 0 radical (unpaired) electrons. The number of benzene rings is 1. The van der Waals surface area contributed by atoms with E-state index < -0.39 is 16.6 Å². The molecule has 1 heterocycles. The van der Waals surface area contributed by atoms with Gasteiger partial charge in [-0.3, -0.25) is 9.59 Å². The van der Waals surface area contributed by atoms with E-state index in [1.54, 1.807) is 25.1 Å². The van der Waals surface area contributed by atoms with E-state index in [1.165, 1.54) is 11.8 Å². The standard InChI is InChI=1S/C16H19Cl2NO4S/c1-10(24-13-8-11(17)2-3-12(13)18)14(20)19-9-16(15(21)22)4-6-23-7-5-16/h2-3,8,10H,4-7,9H2,1H3,(H,19,20)(H,21,22). The fourth-order valence-corrected chi connectivity index (χ4v) is 3.87. The van der Waals surface area contributed by atoms with Crippen molar-refractivity contribution in [2.24, 2.45) is 5.41 Å². The lowest BCUT2D eigenvalue weighted by molar-refractivity contribution is -0.154. The van der Waals surface area contributed by atoms with E-state index in [0.717, 1.165) is 0 Å². The number of ether oxygens (including phenoxy) is 1. The second kappa shape index (κ2) is 8.43. The van der Waals surface area contributed by atoms with Gasteiger partial charge in [-0.25, -0.2) is 0 Å². The number of aliphatic carboxylic acids is 1. The number of nitrogens with one attached hydrogen (secondary N) is 1. The summed E-state index contributed by atoms with van der Waals surface area (Å²) in [5.74, 6) is -1.13. The van der Waals surface area contributed by atoms with Crippen LogP contribution in [0.2, 0.25) is 10.0 Å². The van der Waals surface area contributed by atoms with E-state index in [9.17, 15) is 14.7 Å². The van der Waals surface area contributed by atoms with Gasteiger partial charge in [0.05, 0.1) is 15.7 Å². The Morgan fingerprint density at radius 2 is 2.04 bits per heavy atom. The fourth-order valence-electron chi connectivity index (χ4n) is 2.44. The normalized spacial score (nSPS) is 18.0. The summed E-state index contributed by atoms with van der Waals surface area (Å²) in [4.78, 5) is 24.6. The molecule has 0 aliphatic carbocycles. The number of carboxylic acid groups (broad SMARTS) is 1. The van der Waals surface area contributed by atoms with Crippen LogP contribution in [0.1, 0.15) is 19.8 Å². The van der Waals surface area contributed by atoms with E-state index >= 15 is 0 Å². The molecular weight excluding hydrogens is 373 g/mol. The van der Waals surface area contributed by atoms with Crippen LogP contribution in [0.15, 0.2) is 23.1 Å². The van der Waals surface area contributed by atoms with Crippen LogP contribution in [0.5, 0.6) is 0 Å². The van der Waals surface area contributed by atoms with Crippen molar-refractivity contribution in [1.82, 2.24) is 5.32 Å². The Balaban J connectivity index is 1.96. The van der Waals surface area contributed by atoms with Gasteiger partial charge in [-0.2, -0.15) is 0 Å². The first-order valence-corrected chi connectivity index (χ1v) is 9.18. The van der Waals surface area contributed by atoms with Gasteiger partial charge in [-0.05, 0) is 38.0 Å². The van der Waals surface area contributed by atoms with Gasteiger partial charge in [0, 0.05) is 29.7 Å². The van der Waals surface area contributed by atoms with Gasteiger partial charge in [0.25, 0.3) is 0 Å². The predicted octanol–water partition coefficient (Wildman–Crippen LogP) is 3.47. The number of amides is 1. The quantitative estimate of drug-likeness (QED) is 0.725. The summed E-state index contributed by atoms with van der Waals surface area (Å²) in [6.45, 7) is 2.63. The summed E-state index contributed by atoms with van der Waals surface area (Å²) in [7, 11) is 0. The van der Waals surface area contributed by atoms with Gasteiger partial charge >= 0.3 is 5.97 Å². The number of hydrogen-bond acceptors (Lipinski definition) is 4. The van der Waals surface area contributed by atoms with Gasteiger partial charge in [0.15, 0.2) is 0 Å².